The van der Waals surface area contributed by atoms with E-state index in [4.69, 9.17) is 5.11 Å². The summed E-state index contributed by atoms with van der Waals surface area (Å²) in [4.78, 5) is 0. The van der Waals surface area contributed by atoms with E-state index in [0.29, 0.717) is 22.2 Å². The number of nitrogens with zero attached hydrogens (tertiary/aromatic N) is 1. The molecule has 1 aromatic rings. The summed E-state index contributed by atoms with van der Waals surface area (Å²) in [5.74, 6) is 0.317. The number of aliphatic hydroxyl groups is 1. The predicted octanol–water partition coefficient (Wildman–Crippen LogP) is 2.05. The average Bonchev–Trinajstić information content (AvgIpc) is 3.01. The van der Waals surface area contributed by atoms with Crippen LogP contribution in [0.5, 0.6) is 0 Å². The number of sulfonamides is 1. The summed E-state index contributed by atoms with van der Waals surface area (Å²) in [6.07, 6.45) is 1.92. The molecule has 0 unspecified atom stereocenters. The van der Waals surface area contributed by atoms with Gasteiger partial charge in [0.1, 0.15) is 4.21 Å². The molecule has 1 aliphatic rings. The smallest absolute Gasteiger partial charge is 0.252 e. The van der Waals surface area contributed by atoms with Crippen molar-refractivity contribution in [3.05, 3.63) is 17.0 Å². The minimum absolute atomic E-state index is 0.111. The average molecular weight is 289 g/mol. The molecule has 102 valence electrons. The molecule has 0 radical (unpaired) electrons. The molecule has 4 nitrogen and oxygen atoms in total. The predicted molar refractivity (Wildman–Crippen MR) is 72.0 cm³/mol. The van der Waals surface area contributed by atoms with Crippen LogP contribution in [0.1, 0.15) is 32.3 Å². The fourth-order valence-corrected chi connectivity index (χ4v) is 5.03. The molecule has 18 heavy (non-hydrogen) atoms. The van der Waals surface area contributed by atoms with Gasteiger partial charge >= 0.3 is 0 Å². The Morgan fingerprint density at radius 2 is 2.17 bits per heavy atom. The van der Waals surface area contributed by atoms with Crippen LogP contribution < -0.4 is 0 Å². The highest BCUT2D eigenvalue weighted by atomic mass is 32.2. The zero-order valence-corrected chi connectivity index (χ0v) is 12.3. The summed E-state index contributed by atoms with van der Waals surface area (Å²) in [6.45, 7) is 4.51. The molecule has 1 aromatic heterocycles. The van der Waals surface area contributed by atoms with Crippen molar-refractivity contribution >= 4 is 21.4 Å². The Balaban J connectivity index is 2.26. The van der Waals surface area contributed by atoms with Crippen molar-refractivity contribution in [2.75, 3.05) is 6.54 Å². The molecule has 2 rings (SSSR count). The lowest BCUT2D eigenvalue weighted by molar-refractivity contribution is 0.282. The van der Waals surface area contributed by atoms with Crippen molar-refractivity contribution in [3.63, 3.8) is 0 Å². The van der Waals surface area contributed by atoms with Crippen LogP contribution in [0, 0.1) is 5.92 Å². The standard InChI is InChI=1S/C12H19NO3S2/c1-9(2)6-13(11-3-4-11)18(15,16)12-5-10(7-14)8-17-12/h5,8-9,11,14H,3-4,6-7H2,1-2H3. The van der Waals surface area contributed by atoms with Crippen LogP contribution in [0.4, 0.5) is 0 Å². The third-order valence-corrected chi connectivity index (χ3v) is 6.26. The Morgan fingerprint density at radius 3 is 2.61 bits per heavy atom. The highest BCUT2D eigenvalue weighted by Gasteiger charge is 2.38. The molecular weight excluding hydrogens is 270 g/mol. The Bertz CT molecular complexity index is 503. The van der Waals surface area contributed by atoms with Gasteiger partial charge in [-0.3, -0.25) is 0 Å². The number of hydrogen-bond donors (Lipinski definition) is 1. The van der Waals surface area contributed by atoms with Crippen LogP contribution in [0.25, 0.3) is 0 Å². The van der Waals surface area contributed by atoms with Gasteiger partial charge in [-0.25, -0.2) is 8.42 Å². The fourth-order valence-electron chi connectivity index (χ4n) is 1.85. The second kappa shape index (κ2) is 5.28. The Morgan fingerprint density at radius 1 is 1.50 bits per heavy atom. The van der Waals surface area contributed by atoms with Gasteiger partial charge in [0.05, 0.1) is 6.61 Å². The first-order valence-electron chi connectivity index (χ1n) is 6.15. The molecule has 1 aliphatic carbocycles. The summed E-state index contributed by atoms with van der Waals surface area (Å²) in [5, 5.41) is 10.7. The van der Waals surface area contributed by atoms with Crippen molar-refractivity contribution in [2.45, 2.75) is 43.5 Å². The van der Waals surface area contributed by atoms with E-state index in [1.54, 1.807) is 15.8 Å². The summed E-state index contributed by atoms with van der Waals surface area (Å²) in [6, 6.07) is 1.76. The monoisotopic (exact) mass is 289 g/mol. The lowest BCUT2D eigenvalue weighted by Gasteiger charge is -2.22. The van der Waals surface area contributed by atoms with E-state index in [1.807, 2.05) is 13.8 Å². The normalized spacial score (nSPS) is 16.7. The zero-order valence-electron chi connectivity index (χ0n) is 10.7. The third-order valence-electron chi connectivity index (χ3n) is 2.87. The molecule has 0 aromatic carbocycles. The highest BCUT2D eigenvalue weighted by Crippen LogP contribution is 2.34. The Kier molecular flexibility index (Phi) is 4.11. The van der Waals surface area contributed by atoms with Crippen LogP contribution in [0.3, 0.4) is 0 Å². The van der Waals surface area contributed by atoms with Gasteiger partial charge in [-0.05, 0) is 35.8 Å². The first-order valence-corrected chi connectivity index (χ1v) is 8.47. The van der Waals surface area contributed by atoms with E-state index in [-0.39, 0.29) is 12.6 Å². The van der Waals surface area contributed by atoms with Crippen LogP contribution in [0.2, 0.25) is 0 Å². The summed E-state index contributed by atoms with van der Waals surface area (Å²) in [7, 11) is -3.38. The number of rotatable bonds is 6. The van der Waals surface area contributed by atoms with Gasteiger partial charge in [-0.1, -0.05) is 13.8 Å². The summed E-state index contributed by atoms with van der Waals surface area (Å²) >= 11 is 1.19. The largest absolute Gasteiger partial charge is 0.392 e. The van der Waals surface area contributed by atoms with Crippen LogP contribution in [0.15, 0.2) is 15.7 Å². The molecule has 0 amide bonds. The molecule has 1 N–H and O–H groups in total. The van der Waals surface area contributed by atoms with Crippen molar-refractivity contribution in [3.8, 4) is 0 Å². The van der Waals surface area contributed by atoms with E-state index in [9.17, 15) is 8.42 Å². The Labute approximate surface area is 112 Å². The molecule has 0 saturated heterocycles. The van der Waals surface area contributed by atoms with Gasteiger partial charge in [0, 0.05) is 12.6 Å². The molecule has 1 heterocycles. The van der Waals surface area contributed by atoms with Gasteiger partial charge in [0.2, 0.25) is 0 Å². The van der Waals surface area contributed by atoms with Crippen LogP contribution in [-0.2, 0) is 16.6 Å². The van der Waals surface area contributed by atoms with E-state index in [0.717, 1.165) is 12.8 Å². The second-order valence-corrected chi connectivity index (χ2v) is 8.16. The van der Waals surface area contributed by atoms with E-state index in [1.165, 1.54) is 11.3 Å². The summed E-state index contributed by atoms with van der Waals surface area (Å²) in [5.41, 5.74) is 0.666. The molecule has 0 spiro atoms. The number of hydrogen-bond acceptors (Lipinski definition) is 4. The molecule has 1 saturated carbocycles. The van der Waals surface area contributed by atoms with Crippen molar-refractivity contribution in [1.29, 1.82) is 0 Å². The third kappa shape index (κ3) is 2.93. The summed E-state index contributed by atoms with van der Waals surface area (Å²) < 4.78 is 27.0. The van der Waals surface area contributed by atoms with Gasteiger partial charge in [-0.15, -0.1) is 11.3 Å². The van der Waals surface area contributed by atoms with Gasteiger partial charge < -0.3 is 5.11 Å². The molecule has 0 aliphatic heterocycles. The SMILES string of the molecule is CC(C)CN(C1CC1)S(=O)(=O)c1cc(CO)cs1. The quantitative estimate of drug-likeness (QED) is 0.872. The molecule has 0 atom stereocenters. The topological polar surface area (TPSA) is 57.6 Å². The maximum Gasteiger partial charge on any atom is 0.252 e. The Hall–Kier alpha value is -0.430. The van der Waals surface area contributed by atoms with Crippen molar-refractivity contribution < 1.29 is 13.5 Å². The van der Waals surface area contributed by atoms with Crippen LogP contribution >= 0.6 is 11.3 Å². The van der Waals surface area contributed by atoms with E-state index < -0.39 is 10.0 Å². The minimum Gasteiger partial charge on any atom is -0.392 e. The van der Waals surface area contributed by atoms with Crippen molar-refractivity contribution in [1.82, 2.24) is 4.31 Å². The first-order chi connectivity index (χ1) is 8.45. The highest BCUT2D eigenvalue weighted by molar-refractivity contribution is 7.91. The van der Waals surface area contributed by atoms with Crippen LogP contribution in [-0.4, -0.2) is 30.4 Å². The minimum atomic E-state index is -3.38. The molecule has 1 fully saturated rings. The van der Waals surface area contributed by atoms with Gasteiger partial charge in [0.25, 0.3) is 10.0 Å². The molecule has 0 bridgehead atoms. The van der Waals surface area contributed by atoms with Crippen molar-refractivity contribution in [2.24, 2.45) is 5.92 Å². The fraction of sp³-hybridized carbons (Fsp3) is 0.667. The number of aliphatic hydroxyl groups excluding tert-OH is 1. The maximum absolute atomic E-state index is 12.5. The first kappa shape index (κ1) is 14.0. The second-order valence-electron chi connectivity index (χ2n) is 5.13. The maximum atomic E-state index is 12.5. The van der Waals surface area contributed by atoms with Gasteiger partial charge in [-0.2, -0.15) is 4.31 Å². The number of thiophene rings is 1. The lowest BCUT2D eigenvalue weighted by Crippen LogP contribution is -2.35. The lowest BCUT2D eigenvalue weighted by atomic mass is 10.2. The zero-order chi connectivity index (χ0) is 13.3. The van der Waals surface area contributed by atoms with E-state index >= 15 is 0 Å². The molecular formula is C12H19NO3S2. The van der Waals surface area contributed by atoms with E-state index in [2.05, 4.69) is 0 Å². The van der Waals surface area contributed by atoms with Gasteiger partial charge in [0.15, 0.2) is 0 Å². The molecule has 6 heteroatoms.